The van der Waals surface area contributed by atoms with Gasteiger partial charge in [-0.05, 0) is 29.1 Å². The smallest absolute Gasteiger partial charge is 0.293 e. The highest BCUT2D eigenvalue weighted by atomic mass is 16.5. The predicted octanol–water partition coefficient (Wildman–Crippen LogP) is 4.90. The molecule has 2 heterocycles. The fraction of sp³-hybridized carbons (Fsp3) is 0.0800. The molecule has 7 heteroatoms. The average Bonchev–Trinajstić information content (AvgIpc) is 3.48. The van der Waals surface area contributed by atoms with Crippen LogP contribution >= 0.6 is 0 Å². The van der Waals surface area contributed by atoms with Gasteiger partial charge in [-0.25, -0.2) is 9.67 Å². The van der Waals surface area contributed by atoms with Crippen molar-refractivity contribution in [1.29, 1.82) is 0 Å². The zero-order valence-corrected chi connectivity index (χ0v) is 17.1. The highest BCUT2D eigenvalue weighted by Crippen LogP contribution is 2.26. The van der Waals surface area contributed by atoms with Crippen LogP contribution in [-0.4, -0.2) is 20.7 Å². The van der Waals surface area contributed by atoms with Gasteiger partial charge < -0.3 is 9.15 Å². The summed E-state index contributed by atoms with van der Waals surface area (Å²) in [5, 5.41) is 9.07. The second-order valence-electron chi connectivity index (χ2n) is 7.24. The number of anilines is 1. The minimum absolute atomic E-state index is 0.168. The van der Waals surface area contributed by atoms with Gasteiger partial charge in [-0.2, -0.15) is 0 Å². The lowest BCUT2D eigenvalue weighted by molar-refractivity contribution is 0.0991. The molecular formula is C25H20N4O3. The minimum atomic E-state index is -0.418. The fourth-order valence-electron chi connectivity index (χ4n) is 3.41. The number of hydrogen-bond acceptors (Lipinski definition) is 5. The lowest BCUT2D eigenvalue weighted by atomic mass is 10.1. The van der Waals surface area contributed by atoms with E-state index in [1.807, 2.05) is 72.8 Å². The minimum Gasteiger partial charge on any atom is -0.485 e. The summed E-state index contributed by atoms with van der Waals surface area (Å²) in [6.07, 6.45) is 1.58. The number of nitrogens with zero attached hydrogens (tertiary/aromatic N) is 3. The Bertz CT molecular complexity index is 1350. The molecule has 3 aromatic carbocycles. The molecule has 0 unspecified atom stereocenters. The number of amides is 1. The van der Waals surface area contributed by atoms with E-state index in [0.29, 0.717) is 12.3 Å². The zero-order chi connectivity index (χ0) is 21.8. The molecule has 1 amide bonds. The van der Waals surface area contributed by atoms with Crippen LogP contribution in [0.3, 0.4) is 0 Å². The van der Waals surface area contributed by atoms with Crippen LogP contribution in [0.5, 0.6) is 5.75 Å². The summed E-state index contributed by atoms with van der Waals surface area (Å²) in [7, 11) is 0. The third kappa shape index (κ3) is 4.37. The Balaban J connectivity index is 1.20. The Hall–Kier alpha value is -4.39. The lowest BCUT2D eigenvalue weighted by Gasteiger charge is -2.07. The van der Waals surface area contributed by atoms with Crippen LogP contribution in [0.1, 0.15) is 21.9 Å². The summed E-state index contributed by atoms with van der Waals surface area (Å²) >= 11 is 0. The molecule has 5 aromatic rings. The summed E-state index contributed by atoms with van der Waals surface area (Å²) in [6, 6.07) is 27.1. The van der Waals surface area contributed by atoms with Crippen molar-refractivity contribution in [3.8, 4) is 5.75 Å². The molecule has 5 rings (SSSR count). The third-order valence-corrected chi connectivity index (χ3v) is 4.95. The first-order valence-corrected chi connectivity index (χ1v) is 10.2. The highest BCUT2D eigenvalue weighted by Gasteiger charge is 2.14. The number of ether oxygens (including phenoxy) is 1. The van der Waals surface area contributed by atoms with Crippen LogP contribution in [0.4, 0.5) is 5.95 Å². The van der Waals surface area contributed by atoms with Gasteiger partial charge in [-0.3, -0.25) is 10.1 Å². The van der Waals surface area contributed by atoms with Crippen molar-refractivity contribution in [2.75, 3.05) is 5.32 Å². The Kier molecular flexibility index (Phi) is 5.36. The molecule has 32 heavy (non-hydrogen) atoms. The largest absolute Gasteiger partial charge is 0.485 e. The Morgan fingerprint density at radius 1 is 0.938 bits per heavy atom. The van der Waals surface area contributed by atoms with Crippen molar-refractivity contribution in [3.05, 3.63) is 108 Å². The number of furan rings is 1. The van der Waals surface area contributed by atoms with Gasteiger partial charge in [0.1, 0.15) is 24.4 Å². The molecule has 0 atom stereocenters. The summed E-state index contributed by atoms with van der Waals surface area (Å²) in [4.78, 5) is 16.7. The van der Waals surface area contributed by atoms with E-state index >= 15 is 0 Å². The molecule has 0 saturated carbocycles. The molecule has 0 aliphatic rings. The van der Waals surface area contributed by atoms with E-state index in [0.717, 1.165) is 22.1 Å². The third-order valence-electron chi connectivity index (χ3n) is 4.95. The number of aromatic nitrogens is 3. The Morgan fingerprint density at radius 3 is 2.66 bits per heavy atom. The second-order valence-corrected chi connectivity index (χ2v) is 7.24. The van der Waals surface area contributed by atoms with Crippen LogP contribution in [0, 0.1) is 0 Å². The Morgan fingerprint density at radius 2 is 1.75 bits per heavy atom. The van der Waals surface area contributed by atoms with Gasteiger partial charge in [-0.15, -0.1) is 5.10 Å². The average molecular weight is 424 g/mol. The van der Waals surface area contributed by atoms with E-state index in [4.69, 9.17) is 9.15 Å². The second kappa shape index (κ2) is 8.77. The van der Waals surface area contributed by atoms with Crippen LogP contribution < -0.4 is 10.1 Å². The van der Waals surface area contributed by atoms with Gasteiger partial charge in [-0.1, -0.05) is 66.7 Å². The van der Waals surface area contributed by atoms with Gasteiger partial charge in [0.05, 0.1) is 6.54 Å². The van der Waals surface area contributed by atoms with Gasteiger partial charge in [0.15, 0.2) is 5.76 Å². The molecule has 7 nitrogen and oxygen atoms in total. The number of nitrogens with one attached hydrogen (secondary N) is 1. The van der Waals surface area contributed by atoms with Gasteiger partial charge in [0.25, 0.3) is 5.91 Å². The molecule has 0 radical (unpaired) electrons. The number of hydrogen-bond donors (Lipinski definition) is 1. The van der Waals surface area contributed by atoms with Crippen molar-refractivity contribution in [2.45, 2.75) is 13.2 Å². The number of carbonyl (C=O) groups is 1. The maximum Gasteiger partial charge on any atom is 0.293 e. The van der Waals surface area contributed by atoms with Crippen molar-refractivity contribution in [2.24, 2.45) is 0 Å². The SMILES string of the molecule is O=C(Nc1ncn(Cc2ccccc2)n1)c1ccc(COc2cccc3ccccc23)o1. The van der Waals surface area contributed by atoms with Gasteiger partial charge >= 0.3 is 0 Å². The molecule has 0 spiro atoms. The van der Waals surface area contributed by atoms with Gasteiger partial charge in [0, 0.05) is 5.39 Å². The van der Waals surface area contributed by atoms with Crippen molar-refractivity contribution in [3.63, 3.8) is 0 Å². The van der Waals surface area contributed by atoms with E-state index in [1.54, 1.807) is 23.1 Å². The molecule has 0 saturated heterocycles. The highest BCUT2D eigenvalue weighted by molar-refractivity contribution is 6.01. The van der Waals surface area contributed by atoms with E-state index in [9.17, 15) is 4.79 Å². The van der Waals surface area contributed by atoms with Crippen molar-refractivity contribution >= 4 is 22.6 Å². The molecule has 0 fully saturated rings. The number of rotatable bonds is 7. The van der Waals surface area contributed by atoms with E-state index in [2.05, 4.69) is 15.4 Å². The maximum atomic E-state index is 12.5. The molecular weight excluding hydrogens is 404 g/mol. The van der Waals surface area contributed by atoms with E-state index < -0.39 is 5.91 Å². The molecule has 0 aliphatic heterocycles. The Labute approximate surface area is 184 Å². The summed E-state index contributed by atoms with van der Waals surface area (Å²) < 4.78 is 13.2. The summed E-state index contributed by atoms with van der Waals surface area (Å²) in [5.41, 5.74) is 1.09. The van der Waals surface area contributed by atoms with E-state index in [-0.39, 0.29) is 18.3 Å². The first-order chi connectivity index (χ1) is 15.7. The molecule has 0 bridgehead atoms. The maximum absolute atomic E-state index is 12.5. The molecule has 1 N–H and O–H groups in total. The van der Waals surface area contributed by atoms with Crippen LogP contribution in [0.25, 0.3) is 10.8 Å². The van der Waals surface area contributed by atoms with Crippen LogP contribution in [-0.2, 0) is 13.2 Å². The molecule has 158 valence electrons. The lowest BCUT2D eigenvalue weighted by Crippen LogP contribution is -2.12. The molecule has 0 aliphatic carbocycles. The fourth-order valence-corrected chi connectivity index (χ4v) is 3.41. The zero-order valence-electron chi connectivity index (χ0n) is 17.1. The number of fused-ring (bicyclic) bond motifs is 1. The van der Waals surface area contributed by atoms with Crippen LogP contribution in [0.15, 0.2) is 95.7 Å². The van der Waals surface area contributed by atoms with Crippen LogP contribution in [0.2, 0.25) is 0 Å². The normalized spacial score (nSPS) is 10.9. The molecule has 2 aromatic heterocycles. The monoisotopic (exact) mass is 424 g/mol. The quantitative estimate of drug-likeness (QED) is 0.402. The van der Waals surface area contributed by atoms with Crippen molar-refractivity contribution < 1.29 is 13.9 Å². The first kappa shape index (κ1) is 19.6. The topological polar surface area (TPSA) is 82.2 Å². The van der Waals surface area contributed by atoms with Gasteiger partial charge in [0.2, 0.25) is 5.95 Å². The predicted molar refractivity (Wildman–Crippen MR) is 121 cm³/mol. The first-order valence-electron chi connectivity index (χ1n) is 10.2. The number of carbonyl (C=O) groups excluding carboxylic acids is 1. The number of benzene rings is 3. The standard InChI is InChI=1S/C25H20N4O3/c30-24(27-25-26-17-29(28-25)15-18-7-2-1-3-8-18)23-14-13-20(32-23)16-31-22-12-6-10-19-9-4-5-11-21(19)22/h1-14,17H,15-16H2,(H,27,28,30). The summed E-state index contributed by atoms with van der Waals surface area (Å²) in [5.74, 6) is 1.28. The summed E-state index contributed by atoms with van der Waals surface area (Å²) in [6.45, 7) is 0.783. The van der Waals surface area contributed by atoms with E-state index in [1.165, 1.54) is 0 Å². The van der Waals surface area contributed by atoms with Crippen molar-refractivity contribution in [1.82, 2.24) is 14.8 Å².